The van der Waals surface area contributed by atoms with Crippen molar-refractivity contribution in [2.24, 2.45) is 11.7 Å². The molecule has 0 radical (unpaired) electrons. The van der Waals surface area contributed by atoms with Gasteiger partial charge in [-0.05, 0) is 38.5 Å². The Morgan fingerprint density at radius 3 is 2.81 bits per heavy atom. The summed E-state index contributed by atoms with van der Waals surface area (Å²) < 4.78 is 0. The molecule has 116 valence electrons. The molecule has 2 bridgehead atoms. The van der Waals surface area contributed by atoms with E-state index < -0.39 is 18.1 Å². The number of hydrogen-bond donors (Lipinski definition) is 2. The van der Waals surface area contributed by atoms with Gasteiger partial charge in [0.25, 0.3) is 0 Å². The van der Waals surface area contributed by atoms with Crippen LogP contribution in [0, 0.1) is 5.92 Å². The molecule has 3 N–H and O–H groups in total. The molecule has 0 aromatic carbocycles. The van der Waals surface area contributed by atoms with Gasteiger partial charge in [-0.25, -0.2) is 4.79 Å². The molecule has 21 heavy (non-hydrogen) atoms. The van der Waals surface area contributed by atoms with Gasteiger partial charge < -0.3 is 15.7 Å². The Morgan fingerprint density at radius 2 is 2.14 bits per heavy atom. The number of aliphatic carboxylic acids is 1. The quantitative estimate of drug-likeness (QED) is 0.811. The number of nitrogens with two attached hydrogens (primary N) is 1. The minimum absolute atomic E-state index is 0.209. The highest BCUT2D eigenvalue weighted by molar-refractivity contribution is 5.87. The van der Waals surface area contributed by atoms with Gasteiger partial charge >= 0.3 is 5.97 Å². The van der Waals surface area contributed by atoms with E-state index in [-0.39, 0.29) is 5.91 Å². The van der Waals surface area contributed by atoms with Gasteiger partial charge in [-0.15, -0.1) is 0 Å². The van der Waals surface area contributed by atoms with Crippen molar-refractivity contribution in [1.29, 1.82) is 0 Å². The Bertz CT molecular complexity index is 470. The van der Waals surface area contributed by atoms with Crippen molar-refractivity contribution in [1.82, 2.24) is 4.90 Å². The minimum atomic E-state index is -0.942. The highest BCUT2D eigenvalue weighted by Crippen LogP contribution is 2.31. The number of fused-ring (bicyclic) bond motifs is 2. The van der Waals surface area contributed by atoms with Crippen LogP contribution >= 0.6 is 0 Å². The lowest BCUT2D eigenvalue weighted by Gasteiger charge is -2.33. The fourth-order valence-corrected chi connectivity index (χ4v) is 3.27. The molecule has 2 rings (SSSR count). The molecule has 3 unspecified atom stereocenters. The largest absolute Gasteiger partial charge is 0.480 e. The van der Waals surface area contributed by atoms with Gasteiger partial charge in [-0.2, -0.15) is 0 Å². The van der Waals surface area contributed by atoms with E-state index in [1.807, 2.05) is 25.2 Å². The third-order valence-corrected chi connectivity index (χ3v) is 4.37. The Balaban J connectivity index is 2.33. The second-order valence-electron chi connectivity index (χ2n) is 6.01. The average molecular weight is 292 g/mol. The fourth-order valence-electron chi connectivity index (χ4n) is 3.27. The van der Waals surface area contributed by atoms with E-state index in [1.165, 1.54) is 4.90 Å². The van der Waals surface area contributed by atoms with Gasteiger partial charge in [0.1, 0.15) is 6.04 Å². The molecule has 3 atom stereocenters. The predicted molar refractivity (Wildman–Crippen MR) is 80.6 cm³/mol. The molecule has 0 saturated carbocycles. The van der Waals surface area contributed by atoms with E-state index in [1.54, 1.807) is 0 Å². The molecule has 2 saturated heterocycles. The van der Waals surface area contributed by atoms with Crippen molar-refractivity contribution in [2.75, 3.05) is 6.54 Å². The van der Waals surface area contributed by atoms with Crippen LogP contribution in [0.1, 0.15) is 39.0 Å². The maximum atomic E-state index is 12.4. The lowest BCUT2D eigenvalue weighted by molar-refractivity contribution is -0.151. The summed E-state index contributed by atoms with van der Waals surface area (Å²) in [7, 11) is 0. The van der Waals surface area contributed by atoms with Gasteiger partial charge in [-0.1, -0.05) is 30.2 Å². The number of carboxylic acid groups (broad SMARTS) is 1. The number of carbonyl (C=O) groups excluding carboxylic acids is 1. The predicted octanol–water partition coefficient (Wildman–Crippen LogP) is 1.69. The van der Waals surface area contributed by atoms with E-state index in [0.717, 1.165) is 24.8 Å². The first-order valence-corrected chi connectivity index (χ1v) is 7.62. The van der Waals surface area contributed by atoms with Gasteiger partial charge in [0.05, 0.1) is 6.04 Å². The normalized spacial score (nSPS) is 32.9. The zero-order valence-electron chi connectivity index (χ0n) is 12.5. The summed E-state index contributed by atoms with van der Waals surface area (Å²) in [5.74, 6) is -0.815. The number of amides is 1. The van der Waals surface area contributed by atoms with Crippen LogP contribution in [-0.4, -0.2) is 40.5 Å². The number of carbonyl (C=O) groups is 2. The summed E-state index contributed by atoms with van der Waals surface area (Å²) in [5.41, 5.74) is 7.01. The maximum Gasteiger partial charge on any atom is 0.326 e. The first-order valence-electron chi connectivity index (χ1n) is 7.62. The maximum absolute atomic E-state index is 12.4. The molecular weight excluding hydrogens is 268 g/mol. The molecule has 0 aromatic rings. The topological polar surface area (TPSA) is 83.6 Å². The summed E-state index contributed by atoms with van der Waals surface area (Å²) in [6, 6.07) is -1.35. The molecule has 2 aliphatic heterocycles. The molecule has 5 heteroatoms. The standard InChI is InChI=1S/C16H24N2O3/c1-2-3-5-11-8-12-6-4-7-13(17)15(19)18(10-12)14(9-11)16(20)21/h2-3,5,12-14H,4,6-10,17H2,1H3,(H,20,21). The Hall–Kier alpha value is -1.62. The van der Waals surface area contributed by atoms with Crippen LogP contribution in [0.5, 0.6) is 0 Å². The zero-order chi connectivity index (χ0) is 15.4. The van der Waals surface area contributed by atoms with Crippen molar-refractivity contribution >= 4 is 11.9 Å². The van der Waals surface area contributed by atoms with E-state index in [4.69, 9.17) is 5.73 Å². The SMILES string of the molecule is CC=CC=C1CC2CCCC(N)C(=O)N(C2)C(C(=O)O)C1. The minimum Gasteiger partial charge on any atom is -0.480 e. The first kappa shape index (κ1) is 15.8. The molecule has 2 fully saturated rings. The molecule has 2 heterocycles. The molecule has 0 spiro atoms. The van der Waals surface area contributed by atoms with Crippen molar-refractivity contribution < 1.29 is 14.7 Å². The Labute approximate surface area is 125 Å². The first-order chi connectivity index (χ1) is 10.0. The highest BCUT2D eigenvalue weighted by Gasteiger charge is 2.38. The van der Waals surface area contributed by atoms with Gasteiger partial charge in [0, 0.05) is 6.54 Å². The van der Waals surface area contributed by atoms with Gasteiger partial charge in [0.2, 0.25) is 5.91 Å². The average Bonchev–Trinajstić information content (AvgIpc) is 2.63. The molecule has 2 aliphatic rings. The van der Waals surface area contributed by atoms with Crippen LogP contribution in [0.2, 0.25) is 0 Å². The highest BCUT2D eigenvalue weighted by atomic mass is 16.4. The molecular formula is C16H24N2O3. The van der Waals surface area contributed by atoms with E-state index >= 15 is 0 Å². The third kappa shape index (κ3) is 3.73. The van der Waals surface area contributed by atoms with Crippen molar-refractivity contribution in [3.63, 3.8) is 0 Å². The van der Waals surface area contributed by atoms with Crippen molar-refractivity contribution in [3.05, 3.63) is 23.8 Å². The van der Waals surface area contributed by atoms with Crippen LogP contribution in [-0.2, 0) is 9.59 Å². The van der Waals surface area contributed by atoms with Crippen LogP contribution in [0.25, 0.3) is 0 Å². The van der Waals surface area contributed by atoms with Crippen LogP contribution in [0.4, 0.5) is 0 Å². The smallest absolute Gasteiger partial charge is 0.326 e. The van der Waals surface area contributed by atoms with Crippen LogP contribution < -0.4 is 5.73 Å². The summed E-state index contributed by atoms with van der Waals surface area (Å²) >= 11 is 0. The number of hydrogen-bond acceptors (Lipinski definition) is 3. The van der Waals surface area contributed by atoms with Gasteiger partial charge in [-0.3, -0.25) is 4.79 Å². The monoisotopic (exact) mass is 292 g/mol. The zero-order valence-corrected chi connectivity index (χ0v) is 12.5. The second-order valence-corrected chi connectivity index (χ2v) is 6.01. The Morgan fingerprint density at radius 1 is 1.38 bits per heavy atom. The lowest BCUT2D eigenvalue weighted by atomic mass is 9.91. The van der Waals surface area contributed by atoms with Crippen molar-refractivity contribution in [2.45, 2.75) is 51.1 Å². The van der Waals surface area contributed by atoms with E-state index in [0.29, 0.717) is 25.3 Å². The van der Waals surface area contributed by atoms with E-state index in [2.05, 4.69) is 0 Å². The summed E-state index contributed by atoms with van der Waals surface area (Å²) in [6.07, 6.45) is 9.70. The van der Waals surface area contributed by atoms with E-state index in [9.17, 15) is 14.7 Å². The summed E-state index contributed by atoms with van der Waals surface area (Å²) in [5, 5.41) is 9.50. The molecule has 1 amide bonds. The number of nitrogens with zero attached hydrogens (tertiary/aromatic N) is 1. The fraction of sp³-hybridized carbons (Fsp3) is 0.625. The number of rotatable bonds is 2. The second kappa shape index (κ2) is 6.89. The summed E-state index contributed by atoms with van der Waals surface area (Å²) in [4.78, 5) is 25.5. The number of allylic oxidation sites excluding steroid dienone is 3. The van der Waals surface area contributed by atoms with Crippen LogP contribution in [0.15, 0.2) is 23.8 Å². The Kier molecular flexibility index (Phi) is 5.17. The van der Waals surface area contributed by atoms with Crippen molar-refractivity contribution in [3.8, 4) is 0 Å². The number of carboxylic acids is 1. The van der Waals surface area contributed by atoms with Gasteiger partial charge in [0.15, 0.2) is 0 Å². The third-order valence-electron chi connectivity index (χ3n) is 4.37. The summed E-state index contributed by atoms with van der Waals surface area (Å²) in [6.45, 7) is 2.44. The molecule has 0 aliphatic carbocycles. The van der Waals surface area contributed by atoms with Crippen LogP contribution in [0.3, 0.4) is 0 Å². The lowest BCUT2D eigenvalue weighted by Crippen LogP contribution is -2.53. The molecule has 0 aromatic heterocycles. The molecule has 5 nitrogen and oxygen atoms in total.